The van der Waals surface area contributed by atoms with Crippen molar-refractivity contribution >= 4 is 29.1 Å². The number of methoxy groups -OCH3 is 1. The Morgan fingerprint density at radius 3 is 2.08 bits per heavy atom. The summed E-state index contributed by atoms with van der Waals surface area (Å²) in [5.41, 5.74) is 0.802. The minimum absolute atomic E-state index is 0.00921. The number of carbonyl (C=O) groups is 2. The van der Waals surface area contributed by atoms with E-state index in [0.29, 0.717) is 32.7 Å². The lowest BCUT2D eigenvalue weighted by Gasteiger charge is -2.37. The number of piperazine rings is 2. The molecule has 192 valence electrons. The lowest BCUT2D eigenvalue weighted by Crippen LogP contribution is -2.51. The van der Waals surface area contributed by atoms with Crippen LogP contribution in [0.25, 0.3) is 0 Å². The lowest BCUT2D eigenvalue weighted by atomic mass is 10.1. The fourth-order valence-electron chi connectivity index (χ4n) is 5.19. The minimum atomic E-state index is -0.309. The lowest BCUT2D eigenvalue weighted by molar-refractivity contribution is -0.136. The van der Waals surface area contributed by atoms with E-state index in [9.17, 15) is 9.59 Å². The zero-order valence-electron chi connectivity index (χ0n) is 21.4. The Morgan fingerprint density at radius 2 is 1.50 bits per heavy atom. The van der Waals surface area contributed by atoms with E-state index in [2.05, 4.69) is 32.8 Å². The van der Waals surface area contributed by atoms with Gasteiger partial charge in [0.1, 0.15) is 23.2 Å². The Morgan fingerprint density at radius 1 is 0.917 bits per heavy atom. The third kappa shape index (κ3) is 5.09. The van der Waals surface area contributed by atoms with Crippen molar-refractivity contribution in [3.05, 3.63) is 36.2 Å². The Hall–Kier alpha value is -3.40. The third-order valence-corrected chi connectivity index (χ3v) is 7.41. The number of hydrogen-bond acceptors (Lipinski definition) is 8. The van der Waals surface area contributed by atoms with E-state index in [1.54, 1.807) is 12.0 Å². The van der Waals surface area contributed by atoms with Gasteiger partial charge in [-0.05, 0) is 38.2 Å². The van der Waals surface area contributed by atoms with Gasteiger partial charge in [-0.25, -0.2) is 9.97 Å². The Kier molecular flexibility index (Phi) is 6.95. The van der Waals surface area contributed by atoms with Crippen molar-refractivity contribution < 1.29 is 14.3 Å². The number of amides is 2. The van der Waals surface area contributed by atoms with Crippen molar-refractivity contribution in [2.45, 2.75) is 13.3 Å². The van der Waals surface area contributed by atoms with Gasteiger partial charge in [0.2, 0.25) is 11.8 Å². The molecule has 1 unspecified atom stereocenters. The van der Waals surface area contributed by atoms with Crippen molar-refractivity contribution in [3.8, 4) is 5.75 Å². The molecule has 0 saturated carbocycles. The van der Waals surface area contributed by atoms with Crippen molar-refractivity contribution in [1.82, 2.24) is 19.8 Å². The van der Waals surface area contributed by atoms with Crippen LogP contribution in [0.15, 0.2) is 30.3 Å². The Labute approximate surface area is 212 Å². The van der Waals surface area contributed by atoms with Crippen molar-refractivity contribution in [2.24, 2.45) is 5.92 Å². The quantitative estimate of drug-likeness (QED) is 0.615. The molecule has 4 heterocycles. The van der Waals surface area contributed by atoms with Crippen LogP contribution in [0, 0.1) is 12.8 Å². The number of nitrogens with zero attached hydrogens (tertiary/aromatic N) is 7. The maximum Gasteiger partial charge on any atom is 0.228 e. The maximum absolute atomic E-state index is 13.3. The molecule has 0 spiro atoms. The van der Waals surface area contributed by atoms with Gasteiger partial charge in [0.15, 0.2) is 0 Å². The van der Waals surface area contributed by atoms with E-state index < -0.39 is 0 Å². The summed E-state index contributed by atoms with van der Waals surface area (Å²) in [4.78, 5) is 45.8. The van der Waals surface area contributed by atoms with Crippen LogP contribution in [0.1, 0.15) is 12.2 Å². The van der Waals surface area contributed by atoms with Gasteiger partial charge in [0.25, 0.3) is 0 Å². The molecule has 0 N–H and O–H groups in total. The molecule has 2 amide bonds. The highest BCUT2D eigenvalue weighted by Crippen LogP contribution is 2.28. The summed E-state index contributed by atoms with van der Waals surface area (Å²) in [6, 6.07) is 9.48. The van der Waals surface area contributed by atoms with E-state index in [-0.39, 0.29) is 24.2 Å². The van der Waals surface area contributed by atoms with Crippen LogP contribution in [-0.4, -0.2) is 105 Å². The van der Waals surface area contributed by atoms with E-state index in [0.717, 1.165) is 55.1 Å². The van der Waals surface area contributed by atoms with Crippen LogP contribution in [0.3, 0.4) is 0 Å². The van der Waals surface area contributed by atoms with Gasteiger partial charge < -0.3 is 29.2 Å². The molecule has 1 atom stereocenters. The van der Waals surface area contributed by atoms with Gasteiger partial charge in [-0.15, -0.1) is 0 Å². The van der Waals surface area contributed by atoms with Crippen molar-refractivity contribution in [3.63, 3.8) is 0 Å². The number of ether oxygens (including phenoxy) is 1. The van der Waals surface area contributed by atoms with Gasteiger partial charge in [-0.2, -0.15) is 0 Å². The molecule has 10 nitrogen and oxygen atoms in total. The van der Waals surface area contributed by atoms with Crippen LogP contribution in [0.4, 0.5) is 17.3 Å². The number of aryl methyl sites for hydroxylation is 1. The summed E-state index contributed by atoms with van der Waals surface area (Å²) in [6.45, 7) is 9.01. The number of benzene rings is 1. The van der Waals surface area contributed by atoms with Gasteiger partial charge >= 0.3 is 0 Å². The van der Waals surface area contributed by atoms with E-state index in [4.69, 9.17) is 9.72 Å². The van der Waals surface area contributed by atoms with E-state index >= 15 is 0 Å². The summed E-state index contributed by atoms with van der Waals surface area (Å²) in [5, 5.41) is 0. The summed E-state index contributed by atoms with van der Waals surface area (Å²) in [5.74, 6) is 3.16. The van der Waals surface area contributed by atoms with Crippen molar-refractivity contribution in [2.75, 3.05) is 87.8 Å². The van der Waals surface area contributed by atoms with Gasteiger partial charge in [0.05, 0.1) is 13.0 Å². The topological polar surface area (TPSA) is 85.3 Å². The molecule has 10 heteroatoms. The number of aromatic nitrogens is 2. The van der Waals surface area contributed by atoms with Crippen LogP contribution >= 0.6 is 0 Å². The highest BCUT2D eigenvalue weighted by atomic mass is 16.5. The maximum atomic E-state index is 13.3. The Balaban J connectivity index is 1.19. The zero-order valence-corrected chi connectivity index (χ0v) is 21.4. The first-order chi connectivity index (χ1) is 17.4. The molecule has 5 rings (SSSR count). The molecule has 3 fully saturated rings. The largest absolute Gasteiger partial charge is 0.497 e. The van der Waals surface area contributed by atoms with Crippen molar-refractivity contribution in [1.29, 1.82) is 0 Å². The van der Waals surface area contributed by atoms with E-state index in [1.807, 2.05) is 36.1 Å². The second kappa shape index (κ2) is 10.3. The van der Waals surface area contributed by atoms with Crippen LogP contribution < -0.4 is 19.4 Å². The highest BCUT2D eigenvalue weighted by Gasteiger charge is 2.38. The highest BCUT2D eigenvalue weighted by molar-refractivity contribution is 6.00. The first kappa shape index (κ1) is 24.3. The van der Waals surface area contributed by atoms with Gasteiger partial charge in [-0.3, -0.25) is 9.59 Å². The average Bonchev–Trinajstić information content (AvgIpc) is 3.30. The molecule has 0 aliphatic carbocycles. The minimum Gasteiger partial charge on any atom is -0.497 e. The molecule has 0 bridgehead atoms. The monoisotopic (exact) mass is 493 g/mol. The summed E-state index contributed by atoms with van der Waals surface area (Å²) < 4.78 is 5.21. The molecule has 3 aliphatic rings. The molecule has 3 saturated heterocycles. The molecule has 36 heavy (non-hydrogen) atoms. The molecule has 0 radical (unpaired) electrons. The van der Waals surface area contributed by atoms with E-state index in [1.165, 1.54) is 0 Å². The molecule has 1 aromatic carbocycles. The molecular formula is C26H35N7O3. The van der Waals surface area contributed by atoms with Crippen LogP contribution in [0.5, 0.6) is 5.75 Å². The average molecular weight is 494 g/mol. The standard InChI is InChI=1S/C26H35N7O3/c1-19-27-23(30-10-8-29(2)9-11-30)17-24(28-19)31-12-14-32(15-13-31)26(35)20-16-25(34)33(18-20)21-4-6-22(36-3)7-5-21/h4-7,17,20H,8-16,18H2,1-3H3. The predicted molar refractivity (Wildman–Crippen MR) is 139 cm³/mol. The summed E-state index contributed by atoms with van der Waals surface area (Å²) in [6.07, 6.45) is 0.255. The number of rotatable bonds is 5. The van der Waals surface area contributed by atoms with Crippen LogP contribution in [0.2, 0.25) is 0 Å². The Bertz CT molecular complexity index is 1090. The first-order valence-electron chi connectivity index (χ1n) is 12.7. The summed E-state index contributed by atoms with van der Waals surface area (Å²) in [7, 11) is 3.76. The number of hydrogen-bond donors (Lipinski definition) is 0. The second-order valence-corrected chi connectivity index (χ2v) is 9.84. The number of likely N-dealkylation sites (N-methyl/N-ethyl adjacent to an activating group) is 1. The SMILES string of the molecule is COc1ccc(N2CC(C(=O)N3CCN(c4cc(N5CCN(C)CC5)nc(C)n4)CC3)CC2=O)cc1. The van der Waals surface area contributed by atoms with Gasteiger partial charge in [0, 0.05) is 77.1 Å². The molecule has 2 aromatic rings. The fourth-order valence-corrected chi connectivity index (χ4v) is 5.19. The summed E-state index contributed by atoms with van der Waals surface area (Å²) >= 11 is 0. The normalized spacial score (nSPS) is 21.3. The molecular weight excluding hydrogens is 458 g/mol. The third-order valence-electron chi connectivity index (χ3n) is 7.41. The number of anilines is 3. The first-order valence-corrected chi connectivity index (χ1v) is 12.7. The fraction of sp³-hybridized carbons (Fsp3) is 0.538. The zero-order chi connectivity index (χ0) is 25.2. The second-order valence-electron chi connectivity index (χ2n) is 9.84. The van der Waals surface area contributed by atoms with Crippen LogP contribution in [-0.2, 0) is 9.59 Å². The predicted octanol–water partition coefficient (Wildman–Crippen LogP) is 1.25. The molecule has 3 aliphatic heterocycles. The number of carbonyl (C=O) groups excluding carboxylic acids is 2. The van der Waals surface area contributed by atoms with Gasteiger partial charge in [-0.1, -0.05) is 0 Å². The molecule has 1 aromatic heterocycles. The smallest absolute Gasteiger partial charge is 0.228 e.